The number of halogens is 1. The van der Waals surface area contributed by atoms with Crippen LogP contribution in [0.25, 0.3) is 0 Å². The van der Waals surface area contributed by atoms with Crippen LogP contribution in [0.3, 0.4) is 0 Å². The summed E-state index contributed by atoms with van der Waals surface area (Å²) in [5.41, 5.74) is 2.21. The van der Waals surface area contributed by atoms with Crippen LogP contribution >= 0.6 is 11.6 Å². The molecule has 0 aliphatic carbocycles. The number of rotatable bonds is 5. The molecule has 0 saturated carbocycles. The maximum absolute atomic E-state index is 12.6. The number of nitrogens with one attached hydrogen (secondary N) is 2. The van der Waals surface area contributed by atoms with Crippen molar-refractivity contribution < 1.29 is 10.0 Å². The Morgan fingerprint density at radius 1 is 1.32 bits per heavy atom. The van der Waals surface area contributed by atoms with E-state index in [1.165, 1.54) is 4.90 Å². The first-order valence-corrected chi connectivity index (χ1v) is 8.99. The second-order valence-corrected chi connectivity index (χ2v) is 6.84. The summed E-state index contributed by atoms with van der Waals surface area (Å²) in [5, 5.41) is 9.70. The van der Waals surface area contributed by atoms with Crippen molar-refractivity contribution in [3.8, 4) is 0 Å². The summed E-state index contributed by atoms with van der Waals surface area (Å²) in [4.78, 5) is 23.6. The van der Waals surface area contributed by atoms with E-state index in [4.69, 9.17) is 16.7 Å². The van der Waals surface area contributed by atoms with Gasteiger partial charge in [-0.3, -0.25) is 9.78 Å². The Labute approximate surface area is 152 Å². The van der Waals surface area contributed by atoms with Crippen LogP contribution in [0, 0.1) is 6.92 Å². The Morgan fingerprint density at radius 2 is 2.04 bits per heavy atom. The van der Waals surface area contributed by atoms with E-state index in [0.717, 1.165) is 44.0 Å². The van der Waals surface area contributed by atoms with Gasteiger partial charge in [-0.2, -0.15) is 0 Å². The Morgan fingerprint density at radius 3 is 2.68 bits per heavy atom. The van der Waals surface area contributed by atoms with Crippen molar-refractivity contribution in [3.05, 3.63) is 56.5 Å². The average Bonchev–Trinajstić information content (AvgIpc) is 2.60. The van der Waals surface area contributed by atoms with Gasteiger partial charge in [0.1, 0.15) is 6.54 Å². The van der Waals surface area contributed by atoms with Gasteiger partial charge < -0.3 is 14.9 Å². The highest BCUT2D eigenvalue weighted by Gasteiger charge is 2.22. The van der Waals surface area contributed by atoms with Gasteiger partial charge in [0.2, 0.25) is 5.95 Å². The normalized spacial score (nSPS) is 15.6. The van der Waals surface area contributed by atoms with E-state index < -0.39 is 0 Å². The lowest BCUT2D eigenvalue weighted by molar-refractivity contribution is -0.900. The Kier molecular flexibility index (Phi) is 5.73. The first kappa shape index (κ1) is 17.9. The third-order valence-corrected chi connectivity index (χ3v) is 5.14. The Balaban J connectivity index is 1.77. The molecular weight excluding hydrogens is 340 g/mol. The molecule has 25 heavy (non-hydrogen) atoms. The topological polar surface area (TPSA) is 73.7 Å². The molecule has 1 aliphatic heterocycles. The number of anilines is 1. The van der Waals surface area contributed by atoms with Gasteiger partial charge in [-0.1, -0.05) is 29.8 Å². The van der Waals surface area contributed by atoms with Crippen LogP contribution in [0.4, 0.5) is 5.95 Å². The van der Waals surface area contributed by atoms with E-state index in [9.17, 15) is 4.79 Å². The van der Waals surface area contributed by atoms with E-state index in [1.807, 2.05) is 31.2 Å². The number of aliphatic hydroxyl groups excluding tert-OH is 1. The van der Waals surface area contributed by atoms with Crippen LogP contribution in [-0.4, -0.2) is 54.4 Å². The predicted molar refractivity (Wildman–Crippen MR) is 98.7 cm³/mol. The van der Waals surface area contributed by atoms with Gasteiger partial charge >= 0.3 is 0 Å². The highest BCUT2D eigenvalue weighted by Crippen LogP contribution is 2.19. The van der Waals surface area contributed by atoms with Crippen molar-refractivity contribution in [2.75, 3.05) is 44.2 Å². The molecule has 3 rings (SSSR count). The molecule has 1 aliphatic rings. The zero-order valence-corrected chi connectivity index (χ0v) is 15.1. The van der Waals surface area contributed by atoms with Crippen molar-refractivity contribution >= 4 is 17.5 Å². The third kappa shape index (κ3) is 4.21. The second-order valence-electron chi connectivity index (χ2n) is 6.43. The third-order valence-electron chi connectivity index (χ3n) is 4.77. The second kappa shape index (κ2) is 7.99. The van der Waals surface area contributed by atoms with Gasteiger partial charge in [0.05, 0.1) is 38.5 Å². The number of hydrogen-bond acceptors (Lipinski definition) is 4. The number of aromatic nitrogens is 2. The van der Waals surface area contributed by atoms with E-state index >= 15 is 0 Å². The van der Waals surface area contributed by atoms with Gasteiger partial charge in [-0.25, -0.2) is 4.98 Å². The highest BCUT2D eigenvalue weighted by molar-refractivity contribution is 6.31. The smallest absolute Gasteiger partial charge is 0.256 e. The summed E-state index contributed by atoms with van der Waals surface area (Å²) in [6.07, 6.45) is 0.475. The molecule has 6 nitrogen and oxygen atoms in total. The molecule has 0 spiro atoms. The fourth-order valence-corrected chi connectivity index (χ4v) is 3.43. The van der Waals surface area contributed by atoms with Gasteiger partial charge in [0.15, 0.2) is 0 Å². The van der Waals surface area contributed by atoms with Crippen LogP contribution in [0.2, 0.25) is 5.02 Å². The predicted octanol–water partition coefficient (Wildman–Crippen LogP) is 0.0197. The first-order chi connectivity index (χ1) is 12.1. The van der Waals surface area contributed by atoms with E-state index in [2.05, 4.69) is 14.9 Å². The molecule has 2 heterocycles. The molecule has 1 saturated heterocycles. The van der Waals surface area contributed by atoms with Gasteiger partial charge in [0.25, 0.3) is 5.56 Å². The SMILES string of the molecule is Cc1nc(N2CC[NH+](CCO)CC2)[nH]c(=O)c1Cc1ccccc1Cl. The van der Waals surface area contributed by atoms with Crippen LogP contribution < -0.4 is 15.4 Å². The number of aliphatic hydroxyl groups is 1. The fraction of sp³-hybridized carbons (Fsp3) is 0.444. The van der Waals surface area contributed by atoms with Crippen molar-refractivity contribution in [2.45, 2.75) is 13.3 Å². The maximum atomic E-state index is 12.6. The molecule has 1 fully saturated rings. The number of H-pyrrole nitrogens is 1. The number of hydrogen-bond donors (Lipinski definition) is 3. The molecule has 0 atom stereocenters. The lowest BCUT2D eigenvalue weighted by atomic mass is 10.1. The van der Waals surface area contributed by atoms with Gasteiger partial charge in [0, 0.05) is 17.0 Å². The van der Waals surface area contributed by atoms with Crippen molar-refractivity contribution in [1.29, 1.82) is 0 Å². The summed E-state index contributed by atoms with van der Waals surface area (Å²) < 4.78 is 0. The quantitative estimate of drug-likeness (QED) is 0.700. The minimum Gasteiger partial charge on any atom is -0.391 e. The average molecular weight is 364 g/mol. The number of aryl methyl sites for hydroxylation is 1. The Bertz CT molecular complexity index is 785. The summed E-state index contributed by atoms with van der Waals surface area (Å²) in [6, 6.07) is 7.55. The van der Waals surface area contributed by atoms with E-state index in [-0.39, 0.29) is 12.2 Å². The minimum absolute atomic E-state index is 0.104. The maximum Gasteiger partial charge on any atom is 0.256 e. The number of aromatic amines is 1. The summed E-state index contributed by atoms with van der Waals surface area (Å²) in [5.74, 6) is 0.633. The molecule has 0 unspecified atom stereocenters. The molecule has 3 N–H and O–H groups in total. The number of piperazine rings is 1. The van der Waals surface area contributed by atoms with Crippen LogP contribution in [0.5, 0.6) is 0 Å². The lowest BCUT2D eigenvalue weighted by Crippen LogP contribution is -3.15. The van der Waals surface area contributed by atoms with Crippen LogP contribution in [-0.2, 0) is 6.42 Å². The molecule has 134 valence electrons. The molecule has 0 amide bonds. The van der Waals surface area contributed by atoms with Crippen molar-refractivity contribution in [2.24, 2.45) is 0 Å². The molecule has 0 radical (unpaired) electrons. The largest absolute Gasteiger partial charge is 0.391 e. The molecule has 7 heteroatoms. The summed E-state index contributed by atoms with van der Waals surface area (Å²) in [6.45, 7) is 6.37. The lowest BCUT2D eigenvalue weighted by Gasteiger charge is -2.32. The molecule has 1 aromatic heterocycles. The van der Waals surface area contributed by atoms with Crippen molar-refractivity contribution in [3.63, 3.8) is 0 Å². The molecule has 2 aromatic rings. The zero-order valence-electron chi connectivity index (χ0n) is 14.4. The first-order valence-electron chi connectivity index (χ1n) is 8.61. The highest BCUT2D eigenvalue weighted by atomic mass is 35.5. The van der Waals surface area contributed by atoms with Gasteiger partial charge in [-0.15, -0.1) is 0 Å². The molecule has 0 bridgehead atoms. The monoisotopic (exact) mass is 363 g/mol. The Hall–Kier alpha value is -1.89. The summed E-state index contributed by atoms with van der Waals surface area (Å²) in [7, 11) is 0. The number of quaternary nitrogens is 1. The zero-order chi connectivity index (χ0) is 17.8. The van der Waals surface area contributed by atoms with Gasteiger partial charge in [-0.05, 0) is 18.6 Å². The summed E-state index contributed by atoms with van der Waals surface area (Å²) >= 11 is 6.21. The molecule has 1 aromatic carbocycles. The minimum atomic E-state index is -0.104. The van der Waals surface area contributed by atoms with Crippen LogP contribution in [0.1, 0.15) is 16.8 Å². The fourth-order valence-electron chi connectivity index (χ4n) is 3.23. The number of nitrogens with zero attached hydrogens (tertiary/aromatic N) is 2. The molecular formula is C18H24ClN4O2+. The standard InChI is InChI=1S/C18H23ClN4O2/c1-13-15(12-14-4-2-3-5-16(14)19)17(25)21-18(20-13)23-8-6-22(7-9-23)10-11-24/h2-5,24H,6-12H2,1H3,(H,20,21,25)/p+1. The number of benzene rings is 1. The van der Waals surface area contributed by atoms with Crippen LogP contribution in [0.15, 0.2) is 29.1 Å². The van der Waals surface area contributed by atoms with E-state index in [0.29, 0.717) is 23.0 Å². The van der Waals surface area contributed by atoms with E-state index in [1.54, 1.807) is 0 Å². The van der Waals surface area contributed by atoms with Crippen molar-refractivity contribution in [1.82, 2.24) is 9.97 Å².